The highest BCUT2D eigenvalue weighted by Crippen LogP contribution is 2.29. The van der Waals surface area contributed by atoms with E-state index in [1.807, 2.05) is 48.5 Å². The number of aromatic amines is 1. The number of hydrogen-bond donors (Lipinski definition) is 2. The van der Waals surface area contributed by atoms with Crippen LogP contribution in [0.1, 0.15) is 5.56 Å². The zero-order chi connectivity index (χ0) is 23.6. The highest BCUT2D eigenvalue weighted by atomic mass is 16.5. The Kier molecular flexibility index (Phi) is 4.98. The van der Waals surface area contributed by atoms with E-state index in [4.69, 9.17) is 4.74 Å². The average molecular weight is 455 g/mol. The van der Waals surface area contributed by atoms with E-state index in [0.29, 0.717) is 28.7 Å². The molecule has 35 heavy (non-hydrogen) atoms. The Morgan fingerprint density at radius 2 is 1.80 bits per heavy atom. The Balaban J connectivity index is 1.30. The fourth-order valence-corrected chi connectivity index (χ4v) is 3.82. The van der Waals surface area contributed by atoms with Gasteiger partial charge in [-0.2, -0.15) is 10.2 Å². The molecule has 4 heterocycles. The van der Waals surface area contributed by atoms with Crippen molar-refractivity contribution in [2.75, 3.05) is 5.32 Å². The third kappa shape index (κ3) is 4.10. The number of aromatic nitrogens is 5. The Labute approximate surface area is 199 Å². The van der Waals surface area contributed by atoms with Crippen LogP contribution in [0.15, 0.2) is 91.4 Å². The number of fused-ring (bicyclic) bond motifs is 2. The molecule has 2 aromatic carbocycles. The number of nitrogens with zero attached hydrogens (tertiary/aromatic N) is 5. The Morgan fingerprint density at radius 1 is 0.886 bits per heavy atom. The minimum atomic E-state index is 0.457. The second-order valence-electron chi connectivity index (χ2n) is 7.80. The Bertz CT molecular complexity index is 1720. The highest BCUT2D eigenvalue weighted by molar-refractivity contribution is 5.94. The number of nitriles is 1. The van der Waals surface area contributed by atoms with Crippen molar-refractivity contribution in [2.45, 2.75) is 0 Å². The summed E-state index contributed by atoms with van der Waals surface area (Å²) in [6.45, 7) is 0. The quantitative estimate of drug-likeness (QED) is 0.329. The van der Waals surface area contributed by atoms with Gasteiger partial charge in [0.05, 0.1) is 22.7 Å². The zero-order valence-corrected chi connectivity index (χ0v) is 18.3. The van der Waals surface area contributed by atoms with Gasteiger partial charge in [-0.3, -0.25) is 9.97 Å². The predicted molar refractivity (Wildman–Crippen MR) is 133 cm³/mol. The fourth-order valence-electron chi connectivity index (χ4n) is 3.82. The molecule has 0 aliphatic carbocycles. The lowest BCUT2D eigenvalue weighted by Crippen LogP contribution is -1.94. The molecule has 0 unspecified atom stereocenters. The molecule has 0 aliphatic rings. The minimum Gasteiger partial charge on any atom is -0.439 e. The van der Waals surface area contributed by atoms with Gasteiger partial charge in [0.2, 0.25) is 5.88 Å². The summed E-state index contributed by atoms with van der Waals surface area (Å²) in [6.07, 6.45) is 5.08. The molecule has 4 aromatic heterocycles. The zero-order valence-electron chi connectivity index (χ0n) is 18.3. The monoisotopic (exact) mass is 455 g/mol. The summed E-state index contributed by atoms with van der Waals surface area (Å²) in [6, 6.07) is 24.7. The van der Waals surface area contributed by atoms with Gasteiger partial charge in [-0.25, -0.2) is 4.98 Å². The van der Waals surface area contributed by atoms with Gasteiger partial charge in [0.1, 0.15) is 11.6 Å². The van der Waals surface area contributed by atoms with Gasteiger partial charge in [0.25, 0.3) is 0 Å². The van der Waals surface area contributed by atoms with Crippen LogP contribution in [0.4, 0.5) is 11.4 Å². The maximum Gasteiger partial charge on any atom is 0.221 e. The molecule has 0 spiro atoms. The van der Waals surface area contributed by atoms with Crippen molar-refractivity contribution in [1.82, 2.24) is 24.9 Å². The van der Waals surface area contributed by atoms with Crippen LogP contribution >= 0.6 is 0 Å². The van der Waals surface area contributed by atoms with Crippen LogP contribution in [0, 0.1) is 11.3 Å². The first-order valence-electron chi connectivity index (χ1n) is 10.9. The van der Waals surface area contributed by atoms with Gasteiger partial charge in [0, 0.05) is 47.0 Å². The van der Waals surface area contributed by atoms with E-state index in [0.717, 1.165) is 33.4 Å². The number of nitrogens with one attached hydrogen (secondary N) is 2. The second-order valence-corrected chi connectivity index (χ2v) is 7.80. The highest BCUT2D eigenvalue weighted by Gasteiger charge is 2.10. The van der Waals surface area contributed by atoms with E-state index in [-0.39, 0.29) is 0 Å². The summed E-state index contributed by atoms with van der Waals surface area (Å²) in [5.74, 6) is 1.81. The lowest BCUT2D eigenvalue weighted by molar-refractivity contribution is 0.464. The molecule has 0 saturated heterocycles. The summed E-state index contributed by atoms with van der Waals surface area (Å²) < 4.78 is 5.80. The van der Waals surface area contributed by atoms with Crippen molar-refractivity contribution < 1.29 is 4.74 Å². The summed E-state index contributed by atoms with van der Waals surface area (Å²) in [7, 11) is 0. The lowest BCUT2D eigenvalue weighted by Gasteiger charge is -2.10. The molecule has 8 nitrogen and oxygen atoms in total. The first-order valence-corrected chi connectivity index (χ1v) is 10.9. The van der Waals surface area contributed by atoms with E-state index < -0.39 is 0 Å². The van der Waals surface area contributed by atoms with Crippen LogP contribution in [0.25, 0.3) is 33.5 Å². The number of pyridine rings is 3. The van der Waals surface area contributed by atoms with Crippen molar-refractivity contribution in [3.8, 4) is 29.1 Å². The third-order valence-corrected chi connectivity index (χ3v) is 5.48. The smallest absolute Gasteiger partial charge is 0.221 e. The SMILES string of the molecule is N#Cc1ccc2nccc(Nc3cccc(-c4nc5nc(Oc6ccncc6)ccc5[nH]4)c3)c2c1. The molecule has 0 bridgehead atoms. The van der Waals surface area contributed by atoms with Crippen LogP contribution < -0.4 is 10.1 Å². The maximum absolute atomic E-state index is 9.27. The van der Waals surface area contributed by atoms with Gasteiger partial charge < -0.3 is 15.0 Å². The van der Waals surface area contributed by atoms with Crippen LogP contribution in [0.2, 0.25) is 0 Å². The predicted octanol–water partition coefficient (Wildman–Crippen LogP) is 5.98. The van der Waals surface area contributed by atoms with E-state index in [2.05, 4.69) is 36.3 Å². The molecule has 0 aliphatic heterocycles. The molecule has 2 N–H and O–H groups in total. The summed E-state index contributed by atoms with van der Waals surface area (Å²) in [5, 5.41) is 13.6. The first-order chi connectivity index (χ1) is 17.2. The van der Waals surface area contributed by atoms with Crippen molar-refractivity contribution in [3.05, 3.63) is 97.0 Å². The summed E-state index contributed by atoms with van der Waals surface area (Å²) in [5.41, 5.74) is 5.43. The molecular formula is C27H17N7O. The Hall–Kier alpha value is -5.29. The van der Waals surface area contributed by atoms with Crippen molar-refractivity contribution in [2.24, 2.45) is 0 Å². The standard InChI is InChI=1S/C27H17N7O/c28-16-17-4-5-22-21(14-17)23(10-13-30-22)31-19-3-1-2-18(15-19)26-32-24-6-7-25(33-27(24)34-26)35-20-8-11-29-12-9-20/h1-15H,(H,30,31)(H,32,33,34). The van der Waals surface area contributed by atoms with Crippen molar-refractivity contribution in [1.29, 1.82) is 5.26 Å². The lowest BCUT2D eigenvalue weighted by atomic mass is 10.1. The largest absolute Gasteiger partial charge is 0.439 e. The van der Waals surface area contributed by atoms with E-state index >= 15 is 0 Å². The number of imidazole rings is 1. The molecular weight excluding hydrogens is 438 g/mol. The molecule has 0 fully saturated rings. The molecule has 0 amide bonds. The fraction of sp³-hybridized carbons (Fsp3) is 0. The Morgan fingerprint density at radius 3 is 2.69 bits per heavy atom. The minimum absolute atomic E-state index is 0.457. The van der Waals surface area contributed by atoms with Crippen LogP contribution in [0.3, 0.4) is 0 Å². The third-order valence-electron chi connectivity index (χ3n) is 5.48. The van der Waals surface area contributed by atoms with Gasteiger partial charge in [-0.15, -0.1) is 0 Å². The number of rotatable bonds is 5. The molecule has 0 radical (unpaired) electrons. The van der Waals surface area contributed by atoms with Gasteiger partial charge in [-0.1, -0.05) is 12.1 Å². The number of anilines is 2. The molecule has 0 saturated carbocycles. The number of ether oxygens (including phenoxy) is 1. The van der Waals surface area contributed by atoms with E-state index in [9.17, 15) is 5.26 Å². The second kappa shape index (κ2) is 8.57. The van der Waals surface area contributed by atoms with Crippen molar-refractivity contribution in [3.63, 3.8) is 0 Å². The molecule has 8 heteroatoms. The first kappa shape index (κ1) is 20.3. The summed E-state index contributed by atoms with van der Waals surface area (Å²) >= 11 is 0. The van der Waals surface area contributed by atoms with Crippen LogP contribution in [0.5, 0.6) is 11.6 Å². The molecule has 6 rings (SSSR count). The molecule has 0 atom stereocenters. The number of benzene rings is 2. The number of H-pyrrole nitrogens is 1. The molecule has 166 valence electrons. The van der Waals surface area contributed by atoms with Gasteiger partial charge >= 0.3 is 0 Å². The van der Waals surface area contributed by atoms with Gasteiger partial charge in [0.15, 0.2) is 5.65 Å². The average Bonchev–Trinajstić information content (AvgIpc) is 3.33. The van der Waals surface area contributed by atoms with Crippen LogP contribution in [-0.4, -0.2) is 24.9 Å². The van der Waals surface area contributed by atoms with Gasteiger partial charge in [-0.05, 0) is 54.6 Å². The van der Waals surface area contributed by atoms with Crippen molar-refractivity contribution >= 4 is 33.4 Å². The summed E-state index contributed by atoms with van der Waals surface area (Å²) in [4.78, 5) is 20.9. The maximum atomic E-state index is 9.27. The topological polar surface area (TPSA) is 112 Å². The number of hydrogen-bond acceptors (Lipinski definition) is 7. The van der Waals surface area contributed by atoms with E-state index in [1.165, 1.54) is 0 Å². The van der Waals surface area contributed by atoms with E-state index in [1.54, 1.807) is 42.9 Å². The van der Waals surface area contributed by atoms with Crippen LogP contribution in [-0.2, 0) is 0 Å². The normalized spacial score (nSPS) is 10.8. The molecule has 6 aromatic rings.